The first-order valence-electron chi connectivity index (χ1n) is 19.8. The molecule has 2 aliphatic rings. The summed E-state index contributed by atoms with van der Waals surface area (Å²) in [7, 11) is 0. The van der Waals surface area contributed by atoms with Gasteiger partial charge in [-0.15, -0.1) is 11.8 Å². The fourth-order valence-electron chi connectivity index (χ4n) is 6.32. The van der Waals surface area contributed by atoms with Crippen molar-refractivity contribution in [3.05, 3.63) is 104 Å². The maximum Gasteiger partial charge on any atom is 0.325 e. The van der Waals surface area contributed by atoms with Crippen LogP contribution in [0.25, 0.3) is 0 Å². The number of nitrogens with one attached hydrogen (secondary N) is 3. The second-order valence-electron chi connectivity index (χ2n) is 14.3. The minimum absolute atomic E-state index is 0.00565. The molecule has 1 saturated heterocycles. The van der Waals surface area contributed by atoms with Crippen molar-refractivity contribution < 1.29 is 38.2 Å². The van der Waals surface area contributed by atoms with Crippen molar-refractivity contribution in [3.8, 4) is 11.5 Å². The van der Waals surface area contributed by atoms with Gasteiger partial charge in [-0.2, -0.15) is 0 Å². The number of aryl methyl sites for hydroxylation is 3. The molecule has 324 valence electrons. The van der Waals surface area contributed by atoms with Crippen LogP contribution in [0.4, 0.5) is 27.7 Å². The summed E-state index contributed by atoms with van der Waals surface area (Å²) in [6.45, 7) is 11.1. The third-order valence-electron chi connectivity index (χ3n) is 9.53. The van der Waals surface area contributed by atoms with Gasteiger partial charge in [-0.05, 0) is 81.3 Å². The number of nitro groups is 1. The lowest BCUT2D eigenvalue weighted by atomic mass is 10.1. The van der Waals surface area contributed by atoms with Gasteiger partial charge in [0.2, 0.25) is 5.91 Å². The monoisotopic (exact) mass is 920 g/mol. The summed E-state index contributed by atoms with van der Waals surface area (Å²) >= 11 is 5.04. The number of anilines is 3. The number of halogens is 1. The van der Waals surface area contributed by atoms with Gasteiger partial charge in [0, 0.05) is 59.3 Å². The first-order valence-corrected chi connectivity index (χ1v) is 21.6. The Labute approximate surface area is 366 Å². The fourth-order valence-corrected chi connectivity index (χ4v) is 7.71. The standard InChI is InChI=1S/C42H49BrN8O9S/c1-27-20-38(35(21-34(27)43)48-42(53)49-39-23-44-29(3)22-45-39)60-25-33-24-50(12-14-58-33)11-4-13-56-15-16-57-17-18-59-32-8-5-30(6-9-32)41-47-36(26-61-41)40(52)46-31-7-10-37(51(54)55)28(2)19-31/h5-10,19-23,33,36H,4,11-18,24-26H2,1-3H3,(H,46,52)(H2,45,48,49,53)/t33-,36?/m0/s1. The van der Waals surface area contributed by atoms with Crippen molar-refractivity contribution in [1.82, 2.24) is 14.9 Å². The Kier molecular flexibility index (Phi) is 16.8. The van der Waals surface area contributed by atoms with Crippen LogP contribution in [-0.4, -0.2) is 121 Å². The number of carbonyl (C=O) groups excluding carboxylic acids is 2. The quantitative estimate of drug-likeness (QED) is 0.0476. The Bertz CT molecular complexity index is 2160. The van der Waals surface area contributed by atoms with Gasteiger partial charge >= 0.3 is 6.03 Å². The lowest BCUT2D eigenvalue weighted by molar-refractivity contribution is -0.385. The molecule has 1 unspecified atom stereocenters. The van der Waals surface area contributed by atoms with Crippen molar-refractivity contribution >= 4 is 67.6 Å². The number of hydrogen-bond acceptors (Lipinski definition) is 14. The number of rotatable bonds is 20. The van der Waals surface area contributed by atoms with Gasteiger partial charge in [-0.1, -0.05) is 15.9 Å². The maximum absolute atomic E-state index is 12.8. The van der Waals surface area contributed by atoms with Gasteiger partial charge in [0.1, 0.15) is 36.9 Å². The molecule has 3 aromatic carbocycles. The predicted molar refractivity (Wildman–Crippen MR) is 237 cm³/mol. The summed E-state index contributed by atoms with van der Waals surface area (Å²) in [5, 5.41) is 20.2. The molecular weight excluding hydrogens is 872 g/mol. The smallest absolute Gasteiger partial charge is 0.325 e. The molecule has 0 radical (unpaired) electrons. The number of nitrogens with zero attached hydrogens (tertiary/aromatic N) is 5. The van der Waals surface area contributed by atoms with Gasteiger partial charge in [0.25, 0.3) is 5.69 Å². The van der Waals surface area contributed by atoms with E-state index in [9.17, 15) is 19.7 Å². The molecule has 0 bridgehead atoms. The van der Waals surface area contributed by atoms with E-state index >= 15 is 0 Å². The largest absolute Gasteiger partial charge is 0.491 e. The van der Waals surface area contributed by atoms with E-state index in [0.29, 0.717) is 86.3 Å². The molecule has 0 aliphatic carbocycles. The van der Waals surface area contributed by atoms with E-state index in [2.05, 4.69) is 51.7 Å². The second-order valence-corrected chi connectivity index (χ2v) is 16.1. The number of amides is 3. The van der Waals surface area contributed by atoms with E-state index in [4.69, 9.17) is 23.7 Å². The Balaban J connectivity index is 0.812. The van der Waals surface area contributed by atoms with E-state index in [0.717, 1.165) is 52.4 Å². The summed E-state index contributed by atoms with van der Waals surface area (Å²) in [6.07, 6.45) is 3.82. The lowest BCUT2D eigenvalue weighted by Crippen LogP contribution is -2.45. The third kappa shape index (κ3) is 13.9. The zero-order valence-electron chi connectivity index (χ0n) is 34.2. The molecule has 0 spiro atoms. The van der Waals surface area contributed by atoms with Gasteiger partial charge < -0.3 is 34.3 Å². The molecule has 3 heterocycles. The average Bonchev–Trinajstić information content (AvgIpc) is 3.74. The van der Waals surface area contributed by atoms with Crippen molar-refractivity contribution in [2.24, 2.45) is 4.99 Å². The minimum Gasteiger partial charge on any atom is -0.491 e. The molecule has 4 aromatic rings. The third-order valence-corrected chi connectivity index (χ3v) is 11.5. The Morgan fingerprint density at radius 2 is 1.72 bits per heavy atom. The minimum atomic E-state index is -0.561. The Morgan fingerprint density at radius 3 is 2.48 bits per heavy atom. The summed E-state index contributed by atoms with van der Waals surface area (Å²) < 4.78 is 30.3. The van der Waals surface area contributed by atoms with Crippen LogP contribution in [0.5, 0.6) is 11.5 Å². The summed E-state index contributed by atoms with van der Waals surface area (Å²) in [6, 6.07) is 14.7. The highest BCUT2D eigenvalue weighted by Crippen LogP contribution is 2.32. The van der Waals surface area contributed by atoms with Crippen LogP contribution in [-0.2, 0) is 19.0 Å². The average molecular weight is 922 g/mol. The number of benzene rings is 3. The molecule has 2 atom stereocenters. The van der Waals surface area contributed by atoms with Gasteiger partial charge in [0.15, 0.2) is 5.82 Å². The molecule has 3 N–H and O–H groups in total. The molecular formula is C42H49BrN8O9S. The summed E-state index contributed by atoms with van der Waals surface area (Å²) in [4.78, 5) is 51.4. The molecule has 1 fully saturated rings. The number of carbonyl (C=O) groups is 2. The van der Waals surface area contributed by atoms with Crippen molar-refractivity contribution in [2.75, 3.05) is 87.6 Å². The number of urea groups is 1. The first-order chi connectivity index (χ1) is 29.5. The van der Waals surface area contributed by atoms with Crippen molar-refractivity contribution in [3.63, 3.8) is 0 Å². The normalized spacial score (nSPS) is 16.4. The highest BCUT2D eigenvalue weighted by atomic mass is 79.9. The second kappa shape index (κ2) is 22.6. The highest BCUT2D eigenvalue weighted by Gasteiger charge is 2.27. The van der Waals surface area contributed by atoms with Crippen molar-refractivity contribution in [1.29, 1.82) is 0 Å². The van der Waals surface area contributed by atoms with Crippen LogP contribution < -0.4 is 25.4 Å². The van der Waals surface area contributed by atoms with E-state index in [-0.39, 0.29) is 17.7 Å². The molecule has 17 nitrogen and oxygen atoms in total. The molecule has 2 aliphatic heterocycles. The zero-order valence-corrected chi connectivity index (χ0v) is 36.6. The summed E-state index contributed by atoms with van der Waals surface area (Å²) in [5.41, 5.74) is 4.10. The number of aromatic nitrogens is 2. The van der Waals surface area contributed by atoms with Crippen LogP contribution in [0.2, 0.25) is 0 Å². The SMILES string of the molecule is Cc1cnc(NC(=O)Nc2cc(Br)c(C)cc2OC[C@@H]2CN(CCCOCCOCCOc3ccc(C4=NC(C(=O)Nc5ccc([N+](=O)[O-])c(C)c5)CS4)cc3)CCO2)cn1. The van der Waals surface area contributed by atoms with Crippen LogP contribution in [0.3, 0.4) is 0 Å². The molecule has 3 amide bonds. The zero-order chi connectivity index (χ0) is 43.1. The van der Waals surface area contributed by atoms with E-state index in [1.165, 1.54) is 30.1 Å². The van der Waals surface area contributed by atoms with Gasteiger partial charge in [-0.3, -0.25) is 35.1 Å². The number of hydrogen-bond donors (Lipinski definition) is 3. The van der Waals surface area contributed by atoms with Crippen LogP contribution >= 0.6 is 27.7 Å². The fraction of sp³-hybridized carbons (Fsp3) is 0.405. The summed E-state index contributed by atoms with van der Waals surface area (Å²) in [5.74, 6) is 1.82. The van der Waals surface area contributed by atoms with Gasteiger partial charge in [-0.25, -0.2) is 9.78 Å². The number of nitro benzene ring substituents is 1. The van der Waals surface area contributed by atoms with E-state index in [1.807, 2.05) is 50.2 Å². The maximum atomic E-state index is 12.8. The van der Waals surface area contributed by atoms with Crippen LogP contribution in [0, 0.1) is 30.9 Å². The molecule has 6 rings (SSSR count). The molecule has 19 heteroatoms. The van der Waals surface area contributed by atoms with Gasteiger partial charge in [0.05, 0.1) is 60.2 Å². The predicted octanol–water partition coefficient (Wildman–Crippen LogP) is 6.80. The highest BCUT2D eigenvalue weighted by molar-refractivity contribution is 9.10. The van der Waals surface area contributed by atoms with Crippen LogP contribution in [0.1, 0.15) is 28.8 Å². The Morgan fingerprint density at radius 1 is 0.934 bits per heavy atom. The molecule has 0 saturated carbocycles. The van der Waals surface area contributed by atoms with E-state index < -0.39 is 17.0 Å². The van der Waals surface area contributed by atoms with E-state index in [1.54, 1.807) is 19.2 Å². The topological polar surface area (TPSA) is 201 Å². The Hall–Kier alpha value is -5.18. The number of thioether (sulfide) groups is 1. The molecule has 1 aromatic heterocycles. The van der Waals surface area contributed by atoms with Crippen molar-refractivity contribution in [2.45, 2.75) is 39.3 Å². The number of morpholine rings is 1. The lowest BCUT2D eigenvalue weighted by Gasteiger charge is -2.33. The number of ether oxygens (including phenoxy) is 5. The first kappa shape index (κ1) is 45.3. The molecule has 61 heavy (non-hydrogen) atoms. The number of aliphatic imine (C=N–C) groups is 1. The van der Waals surface area contributed by atoms with Crippen LogP contribution in [0.15, 0.2) is 76.5 Å².